The highest BCUT2D eigenvalue weighted by molar-refractivity contribution is 8.00. The van der Waals surface area contributed by atoms with Crippen LogP contribution in [0.2, 0.25) is 0 Å². The largest absolute Gasteiger partial charge is 0.434 e. The van der Waals surface area contributed by atoms with Gasteiger partial charge in [-0.1, -0.05) is 24.3 Å². The van der Waals surface area contributed by atoms with E-state index >= 15 is 0 Å². The van der Waals surface area contributed by atoms with E-state index in [1.54, 1.807) is 37.7 Å². The lowest BCUT2D eigenvalue weighted by atomic mass is 9.82. The molecular weight excluding hydrogens is 454 g/mol. The number of rotatable bonds is 4. The fraction of sp³-hybridized carbons (Fsp3) is 0.333. The number of alkyl halides is 2. The predicted octanol–water partition coefficient (Wildman–Crippen LogP) is 6.63. The zero-order valence-corrected chi connectivity index (χ0v) is 19.7. The van der Waals surface area contributed by atoms with Crippen molar-refractivity contribution in [3.63, 3.8) is 0 Å². The lowest BCUT2D eigenvalue weighted by molar-refractivity contribution is -0.0508. The number of benzene rings is 2. The predicted molar refractivity (Wildman–Crippen MR) is 132 cm³/mol. The van der Waals surface area contributed by atoms with Crippen LogP contribution in [0.15, 0.2) is 69.6 Å². The van der Waals surface area contributed by atoms with Gasteiger partial charge in [-0.25, -0.2) is 0 Å². The second-order valence-electron chi connectivity index (χ2n) is 9.61. The van der Waals surface area contributed by atoms with Gasteiger partial charge in [0.15, 0.2) is 0 Å². The van der Waals surface area contributed by atoms with E-state index in [0.29, 0.717) is 6.42 Å². The molecule has 0 amide bonds. The molecule has 0 aromatic heterocycles. The minimum Gasteiger partial charge on any atom is -0.434 e. The first kappa shape index (κ1) is 21.7. The molecule has 2 aromatic carbocycles. The summed E-state index contributed by atoms with van der Waals surface area (Å²) in [7, 11) is 0. The van der Waals surface area contributed by atoms with Gasteiger partial charge in [-0.2, -0.15) is 8.78 Å². The van der Waals surface area contributed by atoms with Gasteiger partial charge in [0, 0.05) is 45.9 Å². The van der Waals surface area contributed by atoms with E-state index in [4.69, 9.17) is 9.73 Å². The topological polar surface area (TPSA) is 54.2 Å². The fourth-order valence-corrected chi connectivity index (χ4v) is 6.96. The highest BCUT2D eigenvalue weighted by atomic mass is 32.2. The molecule has 6 rings (SSSR count). The van der Waals surface area contributed by atoms with Crippen molar-refractivity contribution in [3.05, 3.63) is 71.4 Å². The van der Waals surface area contributed by atoms with Crippen LogP contribution in [-0.4, -0.2) is 34.0 Å². The summed E-state index contributed by atoms with van der Waals surface area (Å²) >= 11 is 1.70. The van der Waals surface area contributed by atoms with Crippen LogP contribution in [0.5, 0.6) is 5.75 Å². The quantitative estimate of drug-likeness (QED) is 0.536. The van der Waals surface area contributed by atoms with Gasteiger partial charge in [-0.05, 0) is 61.2 Å². The molecule has 1 N–H and O–H groups in total. The van der Waals surface area contributed by atoms with Gasteiger partial charge in [-0.15, -0.1) is 11.8 Å². The molecular formula is C27H24F2N2O2S. The molecule has 4 nitrogen and oxygen atoms in total. The summed E-state index contributed by atoms with van der Waals surface area (Å²) in [6, 6.07) is 11.7. The Balaban J connectivity index is 1.40. The van der Waals surface area contributed by atoms with Gasteiger partial charge >= 0.3 is 6.61 Å². The summed E-state index contributed by atoms with van der Waals surface area (Å²) in [5.41, 5.74) is 5.84. The van der Waals surface area contributed by atoms with Gasteiger partial charge < -0.3 is 9.84 Å². The van der Waals surface area contributed by atoms with Gasteiger partial charge in [0.05, 0.1) is 17.0 Å². The van der Waals surface area contributed by atoms with Crippen molar-refractivity contribution in [2.24, 2.45) is 9.98 Å². The Morgan fingerprint density at radius 1 is 1.21 bits per heavy atom. The molecule has 174 valence electrons. The second-order valence-corrected chi connectivity index (χ2v) is 10.9. The molecule has 34 heavy (non-hydrogen) atoms. The first-order valence-corrected chi connectivity index (χ1v) is 12.3. The number of halogens is 2. The van der Waals surface area contributed by atoms with E-state index in [2.05, 4.69) is 11.1 Å². The summed E-state index contributed by atoms with van der Waals surface area (Å²) in [5.74, 6) is 0.393. The number of allylic oxidation sites excluding steroid dienone is 3. The molecule has 1 fully saturated rings. The Bertz CT molecular complexity index is 1310. The normalized spacial score (nSPS) is 24.6. The van der Waals surface area contributed by atoms with Crippen molar-refractivity contribution in [2.45, 2.75) is 60.9 Å². The van der Waals surface area contributed by atoms with Crippen molar-refractivity contribution >= 4 is 34.4 Å². The average molecular weight is 479 g/mol. The summed E-state index contributed by atoms with van der Waals surface area (Å²) in [4.78, 5) is 10.6. The molecule has 3 heterocycles. The van der Waals surface area contributed by atoms with Crippen LogP contribution in [0.3, 0.4) is 0 Å². The highest BCUT2D eigenvalue weighted by Gasteiger charge is 2.50. The minimum absolute atomic E-state index is 0.0573. The second kappa shape index (κ2) is 7.89. The number of aliphatic imine (C=N–C) groups is 2. The summed E-state index contributed by atoms with van der Waals surface area (Å²) in [6.07, 6.45) is 7.33. The maximum Gasteiger partial charge on any atom is 0.387 e. The number of fused-ring (bicyclic) bond motifs is 9. The molecule has 7 heteroatoms. The zero-order chi connectivity index (χ0) is 23.6. The monoisotopic (exact) mass is 478 g/mol. The Morgan fingerprint density at radius 2 is 2.06 bits per heavy atom. The number of ether oxygens (including phenoxy) is 1. The lowest BCUT2D eigenvalue weighted by Gasteiger charge is -2.26. The molecule has 2 bridgehead atoms. The van der Waals surface area contributed by atoms with Crippen LogP contribution >= 0.6 is 11.8 Å². The lowest BCUT2D eigenvalue weighted by Crippen LogP contribution is -2.30. The van der Waals surface area contributed by atoms with E-state index in [0.717, 1.165) is 50.7 Å². The van der Waals surface area contributed by atoms with Crippen molar-refractivity contribution in [2.75, 3.05) is 0 Å². The van der Waals surface area contributed by atoms with Crippen molar-refractivity contribution < 1.29 is 18.6 Å². The molecule has 2 aromatic rings. The number of nitrogens with zero attached hydrogens (tertiary/aromatic N) is 2. The standard InChI is InChI=1S/C27H24F2N2O2S/c1-27(2,32)22-8-3-5-15(13-30-22)14-9-10-18-16(11-14)23-17-12-21(25(23)31-18)34-20-7-4-6-19(24(17)20)33-26(28)29/h3-7,9-11,13,17,21,23,26,32H,8,12H2,1-2H3/t17-,21+,23?/m1/s1. The number of thioether (sulfide) groups is 1. The van der Waals surface area contributed by atoms with E-state index < -0.39 is 12.2 Å². The molecule has 0 radical (unpaired) electrons. The number of hydrogen-bond donors (Lipinski definition) is 1. The highest BCUT2D eigenvalue weighted by Crippen LogP contribution is 2.61. The summed E-state index contributed by atoms with van der Waals surface area (Å²) in [5, 5.41) is 10.6. The molecule has 1 saturated carbocycles. The maximum absolute atomic E-state index is 13.1. The Morgan fingerprint density at radius 3 is 2.85 bits per heavy atom. The molecule has 1 unspecified atom stereocenters. The van der Waals surface area contributed by atoms with Crippen molar-refractivity contribution in [3.8, 4) is 5.75 Å². The molecule has 0 saturated heterocycles. The van der Waals surface area contributed by atoms with Gasteiger partial charge in [-0.3, -0.25) is 9.98 Å². The van der Waals surface area contributed by atoms with Crippen LogP contribution in [0.1, 0.15) is 55.2 Å². The van der Waals surface area contributed by atoms with Crippen LogP contribution < -0.4 is 4.74 Å². The Hall–Kier alpha value is -2.77. The maximum atomic E-state index is 13.1. The van der Waals surface area contributed by atoms with E-state index in [1.165, 1.54) is 0 Å². The van der Waals surface area contributed by atoms with E-state index in [-0.39, 0.29) is 22.8 Å². The van der Waals surface area contributed by atoms with Gasteiger partial charge in [0.25, 0.3) is 0 Å². The third-order valence-corrected chi connectivity index (χ3v) is 8.35. The fourth-order valence-electron chi connectivity index (χ4n) is 5.49. The average Bonchev–Trinajstić information content (AvgIpc) is 3.14. The summed E-state index contributed by atoms with van der Waals surface area (Å²) < 4.78 is 31.2. The van der Waals surface area contributed by atoms with E-state index in [1.807, 2.05) is 36.6 Å². The smallest absolute Gasteiger partial charge is 0.387 e. The first-order valence-electron chi connectivity index (χ1n) is 11.4. The molecule has 3 aliphatic heterocycles. The van der Waals surface area contributed by atoms with E-state index in [9.17, 15) is 13.9 Å². The van der Waals surface area contributed by atoms with Crippen LogP contribution in [-0.2, 0) is 0 Å². The Labute approximate surface area is 201 Å². The van der Waals surface area contributed by atoms with Crippen LogP contribution in [0.4, 0.5) is 14.5 Å². The number of aliphatic hydroxyl groups is 1. The van der Waals surface area contributed by atoms with Crippen molar-refractivity contribution in [1.29, 1.82) is 0 Å². The summed E-state index contributed by atoms with van der Waals surface area (Å²) in [6.45, 7) is 0.633. The zero-order valence-electron chi connectivity index (χ0n) is 18.8. The minimum atomic E-state index is -2.85. The molecule has 3 atom stereocenters. The third-order valence-electron chi connectivity index (χ3n) is 7.02. The van der Waals surface area contributed by atoms with Crippen LogP contribution in [0.25, 0.3) is 5.57 Å². The number of hydrogen-bond acceptors (Lipinski definition) is 5. The first-order chi connectivity index (χ1) is 16.3. The Kier molecular flexibility index (Phi) is 5.04. The SMILES string of the molecule is CC(C)(O)C1=NC=C(c2ccc3c(c2)C2C(=N3)[C@@H]3C[C@H]2c2c(OC(F)F)cccc2S3)C=CC1. The third kappa shape index (κ3) is 3.53. The van der Waals surface area contributed by atoms with Crippen LogP contribution in [0, 0.1) is 0 Å². The molecule has 0 spiro atoms. The van der Waals surface area contributed by atoms with Crippen molar-refractivity contribution in [1.82, 2.24) is 0 Å². The van der Waals surface area contributed by atoms with Gasteiger partial charge in [0.2, 0.25) is 0 Å². The molecule has 4 aliphatic rings. The van der Waals surface area contributed by atoms with Gasteiger partial charge in [0.1, 0.15) is 5.75 Å². The molecule has 1 aliphatic carbocycles.